The lowest BCUT2D eigenvalue weighted by Crippen LogP contribution is -2.43. The van der Waals surface area contributed by atoms with E-state index in [-0.39, 0.29) is 18.5 Å². The van der Waals surface area contributed by atoms with Gasteiger partial charge < -0.3 is 5.32 Å². The van der Waals surface area contributed by atoms with Gasteiger partial charge in [0.25, 0.3) is 5.91 Å². The van der Waals surface area contributed by atoms with E-state index in [1.807, 2.05) is 79.7 Å². The average Bonchev–Trinajstić information content (AvgIpc) is 2.94. The van der Waals surface area contributed by atoms with Crippen LogP contribution >= 0.6 is 0 Å². The van der Waals surface area contributed by atoms with E-state index in [1.165, 1.54) is 4.90 Å². The predicted molar refractivity (Wildman–Crippen MR) is 101 cm³/mol. The number of imide groups is 1. The van der Waals surface area contributed by atoms with Crippen LogP contribution in [0, 0.1) is 0 Å². The van der Waals surface area contributed by atoms with Gasteiger partial charge in [0.05, 0.1) is 6.54 Å². The summed E-state index contributed by atoms with van der Waals surface area (Å²) in [5, 5.41) is 5.10. The molecule has 1 heterocycles. The first kappa shape index (κ1) is 16.3. The number of nitrogens with zero attached hydrogens (tertiary/aromatic N) is 1. The summed E-state index contributed by atoms with van der Waals surface area (Å²) in [5.41, 5.74) is 0.802. The fraction of sp³-hybridized carbons (Fsp3) is 0.182. The van der Waals surface area contributed by atoms with Crippen LogP contribution in [0.4, 0.5) is 4.79 Å². The number of urea groups is 1. The van der Waals surface area contributed by atoms with E-state index in [1.54, 1.807) is 0 Å². The third-order valence-electron chi connectivity index (χ3n) is 5.18. The Kier molecular flexibility index (Phi) is 3.96. The standard InChI is InChI=1S/C22H20N2O2/c1-2-22(18-12-4-3-5-13-18)20(25)24(21(26)23-22)15-17-11-8-10-16-9-6-7-14-19(16)17/h3-14H,2,15H2,1H3,(H,23,26). The predicted octanol–water partition coefficient (Wildman–Crippen LogP) is 4.20. The summed E-state index contributed by atoms with van der Waals surface area (Å²) in [5.74, 6) is -0.191. The third kappa shape index (κ3) is 2.46. The number of fused-ring (bicyclic) bond motifs is 1. The molecule has 1 saturated heterocycles. The van der Waals surface area contributed by atoms with E-state index in [2.05, 4.69) is 5.32 Å². The van der Waals surface area contributed by atoms with Gasteiger partial charge in [0, 0.05) is 0 Å². The molecule has 1 fully saturated rings. The maximum absolute atomic E-state index is 13.3. The van der Waals surface area contributed by atoms with Gasteiger partial charge in [0.15, 0.2) is 0 Å². The zero-order chi connectivity index (χ0) is 18.1. The van der Waals surface area contributed by atoms with Crippen LogP contribution in [0.2, 0.25) is 0 Å². The summed E-state index contributed by atoms with van der Waals surface area (Å²) in [4.78, 5) is 27.3. The second-order valence-electron chi connectivity index (χ2n) is 6.58. The highest BCUT2D eigenvalue weighted by atomic mass is 16.2. The van der Waals surface area contributed by atoms with Crippen LogP contribution in [0.5, 0.6) is 0 Å². The van der Waals surface area contributed by atoms with Gasteiger partial charge >= 0.3 is 6.03 Å². The highest BCUT2D eigenvalue weighted by molar-refractivity contribution is 6.07. The number of hydrogen-bond acceptors (Lipinski definition) is 2. The minimum atomic E-state index is -0.983. The van der Waals surface area contributed by atoms with Crippen LogP contribution in [0.1, 0.15) is 24.5 Å². The van der Waals surface area contributed by atoms with E-state index in [0.29, 0.717) is 6.42 Å². The van der Waals surface area contributed by atoms with Crippen molar-refractivity contribution in [2.24, 2.45) is 0 Å². The number of nitrogens with one attached hydrogen (secondary N) is 1. The fourth-order valence-electron chi connectivity index (χ4n) is 3.73. The van der Waals surface area contributed by atoms with Crippen molar-refractivity contribution in [2.45, 2.75) is 25.4 Å². The van der Waals surface area contributed by atoms with Crippen molar-refractivity contribution in [3.8, 4) is 0 Å². The van der Waals surface area contributed by atoms with Crippen LogP contribution in [0.15, 0.2) is 72.8 Å². The summed E-state index contributed by atoms with van der Waals surface area (Å²) in [6.45, 7) is 2.19. The van der Waals surface area contributed by atoms with Gasteiger partial charge in [-0.3, -0.25) is 9.69 Å². The van der Waals surface area contributed by atoms with Crippen LogP contribution in [-0.2, 0) is 16.9 Å². The largest absolute Gasteiger partial charge is 0.325 e. The molecule has 0 radical (unpaired) electrons. The van der Waals surface area contributed by atoms with Gasteiger partial charge in [-0.2, -0.15) is 0 Å². The van der Waals surface area contributed by atoms with Gasteiger partial charge in [0.1, 0.15) is 5.54 Å². The molecule has 1 N–H and O–H groups in total. The Hall–Kier alpha value is -3.14. The van der Waals surface area contributed by atoms with Crippen LogP contribution < -0.4 is 5.32 Å². The number of rotatable bonds is 4. The van der Waals surface area contributed by atoms with Crippen molar-refractivity contribution in [3.05, 3.63) is 83.9 Å². The molecular formula is C22H20N2O2. The lowest BCUT2D eigenvalue weighted by Gasteiger charge is -2.25. The molecule has 4 nitrogen and oxygen atoms in total. The Labute approximate surface area is 152 Å². The lowest BCUT2D eigenvalue weighted by atomic mass is 9.87. The molecule has 3 aromatic rings. The Bertz CT molecular complexity index is 978. The number of carbonyl (C=O) groups excluding carboxylic acids is 2. The highest BCUT2D eigenvalue weighted by Gasteiger charge is 2.51. The summed E-state index contributed by atoms with van der Waals surface area (Å²) < 4.78 is 0. The molecule has 0 saturated carbocycles. The van der Waals surface area contributed by atoms with Crippen molar-refractivity contribution in [2.75, 3.05) is 0 Å². The van der Waals surface area contributed by atoms with Crippen LogP contribution in [0.25, 0.3) is 10.8 Å². The summed E-state index contributed by atoms with van der Waals surface area (Å²) in [6.07, 6.45) is 0.508. The molecule has 1 aliphatic rings. The first-order chi connectivity index (χ1) is 12.7. The van der Waals surface area contributed by atoms with Crippen molar-refractivity contribution in [1.82, 2.24) is 10.2 Å². The van der Waals surface area contributed by atoms with Gasteiger partial charge in [-0.15, -0.1) is 0 Å². The van der Waals surface area contributed by atoms with Crippen molar-refractivity contribution >= 4 is 22.7 Å². The Morgan fingerprint density at radius 3 is 2.35 bits per heavy atom. The molecule has 3 amide bonds. The Morgan fingerprint density at radius 2 is 1.58 bits per heavy atom. The first-order valence-electron chi connectivity index (χ1n) is 8.82. The van der Waals surface area contributed by atoms with E-state index >= 15 is 0 Å². The van der Waals surface area contributed by atoms with Gasteiger partial charge in [-0.05, 0) is 28.3 Å². The second-order valence-corrected chi connectivity index (χ2v) is 6.58. The number of amides is 3. The highest BCUT2D eigenvalue weighted by Crippen LogP contribution is 2.33. The second kappa shape index (κ2) is 6.30. The monoisotopic (exact) mass is 344 g/mol. The molecule has 3 aromatic carbocycles. The maximum atomic E-state index is 13.3. The Balaban J connectivity index is 1.72. The quantitative estimate of drug-likeness (QED) is 0.721. The van der Waals surface area contributed by atoms with Crippen molar-refractivity contribution < 1.29 is 9.59 Å². The molecule has 1 atom stereocenters. The van der Waals surface area contributed by atoms with Gasteiger partial charge in [0.2, 0.25) is 0 Å². The van der Waals surface area contributed by atoms with Gasteiger partial charge in [-0.25, -0.2) is 4.79 Å². The molecule has 1 aliphatic heterocycles. The number of hydrogen-bond donors (Lipinski definition) is 1. The molecule has 4 rings (SSSR count). The molecule has 0 aromatic heterocycles. The minimum Gasteiger partial charge on any atom is -0.319 e. The van der Waals surface area contributed by atoms with Crippen LogP contribution in [-0.4, -0.2) is 16.8 Å². The fourth-order valence-corrected chi connectivity index (χ4v) is 3.73. The minimum absolute atomic E-state index is 0.191. The summed E-state index contributed by atoms with van der Waals surface area (Å²) >= 11 is 0. The maximum Gasteiger partial charge on any atom is 0.325 e. The smallest absolute Gasteiger partial charge is 0.319 e. The molecule has 130 valence electrons. The number of benzene rings is 3. The zero-order valence-corrected chi connectivity index (χ0v) is 14.6. The molecule has 1 unspecified atom stereocenters. The molecule has 4 heteroatoms. The SMILES string of the molecule is CCC1(c2ccccc2)NC(=O)N(Cc2cccc3ccccc23)C1=O. The third-order valence-corrected chi connectivity index (χ3v) is 5.18. The molecule has 0 aliphatic carbocycles. The van der Waals surface area contributed by atoms with E-state index < -0.39 is 5.54 Å². The normalized spacial score (nSPS) is 19.8. The van der Waals surface area contributed by atoms with E-state index in [9.17, 15) is 9.59 Å². The average molecular weight is 344 g/mol. The molecule has 0 spiro atoms. The van der Waals surface area contributed by atoms with Gasteiger partial charge in [-0.1, -0.05) is 79.7 Å². The Morgan fingerprint density at radius 1 is 0.885 bits per heavy atom. The summed E-state index contributed by atoms with van der Waals surface area (Å²) in [7, 11) is 0. The van der Waals surface area contributed by atoms with Crippen molar-refractivity contribution in [1.29, 1.82) is 0 Å². The topological polar surface area (TPSA) is 49.4 Å². The first-order valence-corrected chi connectivity index (χ1v) is 8.82. The van der Waals surface area contributed by atoms with E-state index in [0.717, 1.165) is 21.9 Å². The van der Waals surface area contributed by atoms with Crippen molar-refractivity contribution in [3.63, 3.8) is 0 Å². The summed E-state index contributed by atoms with van der Waals surface area (Å²) in [6, 6.07) is 23.1. The number of carbonyl (C=O) groups is 2. The zero-order valence-electron chi connectivity index (χ0n) is 14.6. The van der Waals surface area contributed by atoms with Crippen LogP contribution in [0.3, 0.4) is 0 Å². The molecular weight excluding hydrogens is 324 g/mol. The lowest BCUT2D eigenvalue weighted by molar-refractivity contribution is -0.132. The molecule has 0 bridgehead atoms. The molecule has 26 heavy (non-hydrogen) atoms. The van der Waals surface area contributed by atoms with E-state index in [4.69, 9.17) is 0 Å².